The van der Waals surface area contributed by atoms with Crippen LogP contribution in [0.2, 0.25) is 0 Å². The van der Waals surface area contributed by atoms with Crippen molar-refractivity contribution >= 4 is 11.9 Å². The Labute approximate surface area is 92.6 Å². The summed E-state index contributed by atoms with van der Waals surface area (Å²) >= 11 is 0. The Hall–Kier alpha value is -1.88. The van der Waals surface area contributed by atoms with Crippen molar-refractivity contribution in [1.29, 1.82) is 0 Å². The molecule has 0 fully saturated rings. The van der Waals surface area contributed by atoms with Crippen molar-refractivity contribution in [3.8, 4) is 0 Å². The number of hydrogen-bond donors (Lipinski definition) is 2. The molecule has 1 aliphatic rings. The molecule has 1 aromatic carbocycles. The van der Waals surface area contributed by atoms with Gasteiger partial charge in [0.1, 0.15) is 12.6 Å². The Bertz CT molecular complexity index is 425. The standard InChI is InChI=1S/C11H12N2O3/c12-9(11(14)15)7-1-3-8(4-2-7)10-13-5-6-16-10/h1-4,9H,5-6,12H2,(H,14,15). The van der Waals surface area contributed by atoms with E-state index in [0.29, 0.717) is 24.6 Å². The van der Waals surface area contributed by atoms with Crippen molar-refractivity contribution in [3.63, 3.8) is 0 Å². The molecule has 84 valence electrons. The van der Waals surface area contributed by atoms with E-state index in [2.05, 4.69) is 4.99 Å². The van der Waals surface area contributed by atoms with E-state index in [4.69, 9.17) is 15.6 Å². The number of hydrogen-bond acceptors (Lipinski definition) is 4. The first-order valence-electron chi connectivity index (χ1n) is 4.94. The second-order valence-corrected chi connectivity index (χ2v) is 3.47. The number of nitrogens with zero attached hydrogens (tertiary/aromatic N) is 1. The Kier molecular flexibility index (Phi) is 2.87. The van der Waals surface area contributed by atoms with Gasteiger partial charge in [-0.3, -0.25) is 4.79 Å². The van der Waals surface area contributed by atoms with Crippen LogP contribution in [0.4, 0.5) is 0 Å². The van der Waals surface area contributed by atoms with Crippen molar-refractivity contribution in [1.82, 2.24) is 0 Å². The van der Waals surface area contributed by atoms with Crippen molar-refractivity contribution in [2.24, 2.45) is 10.7 Å². The number of aliphatic imine (C=N–C) groups is 1. The molecule has 1 atom stereocenters. The Morgan fingerprint density at radius 2 is 2.12 bits per heavy atom. The predicted octanol–water partition coefficient (Wildman–Crippen LogP) is 0.548. The Morgan fingerprint density at radius 1 is 1.44 bits per heavy atom. The van der Waals surface area contributed by atoms with Gasteiger partial charge in [0.05, 0.1) is 6.54 Å². The lowest BCUT2D eigenvalue weighted by molar-refractivity contribution is -0.138. The molecule has 0 radical (unpaired) electrons. The zero-order valence-electron chi connectivity index (χ0n) is 8.59. The highest BCUT2D eigenvalue weighted by molar-refractivity contribution is 5.95. The van der Waals surface area contributed by atoms with Gasteiger partial charge in [-0.25, -0.2) is 4.99 Å². The van der Waals surface area contributed by atoms with E-state index in [9.17, 15) is 4.79 Å². The van der Waals surface area contributed by atoms with Crippen LogP contribution in [-0.4, -0.2) is 30.1 Å². The molecule has 5 heteroatoms. The molecule has 5 nitrogen and oxygen atoms in total. The first-order chi connectivity index (χ1) is 7.68. The molecule has 0 aliphatic carbocycles. The molecule has 1 unspecified atom stereocenters. The van der Waals surface area contributed by atoms with E-state index in [1.165, 1.54) is 0 Å². The fourth-order valence-corrected chi connectivity index (χ4v) is 1.49. The Morgan fingerprint density at radius 3 is 2.62 bits per heavy atom. The van der Waals surface area contributed by atoms with Gasteiger partial charge in [0.2, 0.25) is 5.90 Å². The number of aliphatic carboxylic acids is 1. The van der Waals surface area contributed by atoms with Crippen LogP contribution in [0.5, 0.6) is 0 Å². The number of benzene rings is 1. The van der Waals surface area contributed by atoms with Crippen molar-refractivity contribution in [2.75, 3.05) is 13.2 Å². The summed E-state index contributed by atoms with van der Waals surface area (Å²) in [6.07, 6.45) is 0. The van der Waals surface area contributed by atoms with E-state index < -0.39 is 12.0 Å². The highest BCUT2D eigenvalue weighted by atomic mass is 16.5. The summed E-state index contributed by atoms with van der Waals surface area (Å²) in [5.41, 5.74) is 6.89. The van der Waals surface area contributed by atoms with Gasteiger partial charge in [0.15, 0.2) is 0 Å². The number of carboxylic acid groups (broad SMARTS) is 1. The van der Waals surface area contributed by atoms with Crippen LogP contribution in [0, 0.1) is 0 Å². The fourth-order valence-electron chi connectivity index (χ4n) is 1.49. The second kappa shape index (κ2) is 4.32. The minimum Gasteiger partial charge on any atom is -0.480 e. The van der Waals surface area contributed by atoms with Crippen molar-refractivity contribution in [3.05, 3.63) is 35.4 Å². The second-order valence-electron chi connectivity index (χ2n) is 3.47. The normalized spacial score (nSPS) is 16.4. The van der Waals surface area contributed by atoms with Gasteiger partial charge in [-0.05, 0) is 17.7 Å². The number of carboxylic acids is 1. The van der Waals surface area contributed by atoms with Gasteiger partial charge >= 0.3 is 5.97 Å². The van der Waals surface area contributed by atoms with Crippen molar-refractivity contribution < 1.29 is 14.6 Å². The van der Waals surface area contributed by atoms with Gasteiger partial charge in [-0.2, -0.15) is 0 Å². The predicted molar refractivity (Wildman–Crippen MR) is 58.4 cm³/mol. The van der Waals surface area contributed by atoms with E-state index in [0.717, 1.165) is 5.56 Å². The summed E-state index contributed by atoms with van der Waals surface area (Å²) in [6, 6.07) is 5.90. The van der Waals surface area contributed by atoms with Crippen LogP contribution in [0.15, 0.2) is 29.3 Å². The van der Waals surface area contributed by atoms with Gasteiger partial charge < -0.3 is 15.6 Å². The third-order valence-corrected chi connectivity index (χ3v) is 2.37. The highest BCUT2D eigenvalue weighted by Gasteiger charge is 2.15. The number of nitrogens with two attached hydrogens (primary N) is 1. The summed E-state index contributed by atoms with van der Waals surface area (Å²) in [6.45, 7) is 1.28. The molecule has 0 spiro atoms. The third-order valence-electron chi connectivity index (χ3n) is 2.37. The lowest BCUT2D eigenvalue weighted by atomic mass is 10.1. The van der Waals surface area contributed by atoms with Crippen LogP contribution in [0.3, 0.4) is 0 Å². The van der Waals surface area contributed by atoms with Gasteiger partial charge in [0, 0.05) is 5.56 Å². The average molecular weight is 220 g/mol. The fraction of sp³-hybridized carbons (Fsp3) is 0.273. The molecule has 0 saturated heterocycles. The average Bonchev–Trinajstić information content (AvgIpc) is 2.81. The third kappa shape index (κ3) is 2.04. The monoisotopic (exact) mass is 220 g/mol. The largest absolute Gasteiger partial charge is 0.480 e. The molecular formula is C11H12N2O3. The molecule has 0 aromatic heterocycles. The zero-order chi connectivity index (χ0) is 11.5. The molecule has 16 heavy (non-hydrogen) atoms. The molecule has 1 aromatic rings. The zero-order valence-corrected chi connectivity index (χ0v) is 8.59. The first kappa shape index (κ1) is 10.6. The smallest absolute Gasteiger partial charge is 0.325 e. The molecular weight excluding hydrogens is 208 g/mol. The van der Waals surface area contributed by atoms with Crippen LogP contribution in [0.1, 0.15) is 17.2 Å². The quantitative estimate of drug-likeness (QED) is 0.778. The van der Waals surface area contributed by atoms with E-state index in [-0.39, 0.29) is 0 Å². The summed E-state index contributed by atoms with van der Waals surface area (Å²) in [5, 5.41) is 8.74. The number of rotatable bonds is 3. The number of carbonyl (C=O) groups is 1. The van der Waals surface area contributed by atoms with Crippen LogP contribution in [-0.2, 0) is 9.53 Å². The van der Waals surface area contributed by atoms with Gasteiger partial charge in [0.25, 0.3) is 0 Å². The van der Waals surface area contributed by atoms with Crippen molar-refractivity contribution in [2.45, 2.75) is 6.04 Å². The topological polar surface area (TPSA) is 84.9 Å². The van der Waals surface area contributed by atoms with E-state index in [1.807, 2.05) is 0 Å². The maximum Gasteiger partial charge on any atom is 0.325 e. The highest BCUT2D eigenvalue weighted by Crippen LogP contribution is 2.14. The molecule has 1 aliphatic heterocycles. The lowest BCUT2D eigenvalue weighted by Gasteiger charge is -2.07. The maximum absolute atomic E-state index is 10.7. The maximum atomic E-state index is 10.7. The molecule has 1 heterocycles. The minimum atomic E-state index is -1.04. The van der Waals surface area contributed by atoms with Crippen LogP contribution >= 0.6 is 0 Å². The lowest BCUT2D eigenvalue weighted by Crippen LogP contribution is -2.20. The summed E-state index contributed by atoms with van der Waals surface area (Å²) < 4.78 is 5.29. The minimum absolute atomic E-state index is 0.565. The van der Waals surface area contributed by atoms with Crippen LogP contribution in [0.25, 0.3) is 0 Å². The molecule has 0 saturated carbocycles. The van der Waals surface area contributed by atoms with Crippen LogP contribution < -0.4 is 5.73 Å². The summed E-state index contributed by atoms with van der Waals surface area (Å²) in [4.78, 5) is 14.8. The molecule has 3 N–H and O–H groups in total. The van der Waals surface area contributed by atoms with E-state index in [1.54, 1.807) is 24.3 Å². The van der Waals surface area contributed by atoms with E-state index >= 15 is 0 Å². The summed E-state index contributed by atoms with van der Waals surface area (Å²) in [7, 11) is 0. The van der Waals surface area contributed by atoms with Gasteiger partial charge in [-0.1, -0.05) is 12.1 Å². The molecule has 0 amide bonds. The van der Waals surface area contributed by atoms with Gasteiger partial charge in [-0.15, -0.1) is 0 Å². The SMILES string of the molecule is NC(C(=O)O)c1ccc(C2=NCCO2)cc1. The molecule has 2 rings (SSSR count). The first-order valence-corrected chi connectivity index (χ1v) is 4.94. The molecule has 0 bridgehead atoms. The number of ether oxygens (including phenoxy) is 1. The summed E-state index contributed by atoms with van der Waals surface area (Å²) in [5.74, 6) is -0.433. The Balaban J connectivity index is 2.19.